The summed E-state index contributed by atoms with van der Waals surface area (Å²) in [6.07, 6.45) is 3.95. The maximum absolute atomic E-state index is 11.3. The second kappa shape index (κ2) is 7.69. The van der Waals surface area contributed by atoms with E-state index in [0.29, 0.717) is 17.5 Å². The fraction of sp³-hybridized carbons (Fsp3) is 0.286. The van der Waals surface area contributed by atoms with E-state index in [1.165, 1.54) is 18.1 Å². The van der Waals surface area contributed by atoms with Crippen molar-refractivity contribution in [1.82, 2.24) is 19.2 Å². The molecule has 3 aromatic rings. The molecule has 1 unspecified atom stereocenters. The second-order valence-corrected chi connectivity index (χ2v) is 7.53. The van der Waals surface area contributed by atoms with Crippen molar-refractivity contribution in [3.05, 3.63) is 70.8 Å². The molecule has 6 nitrogen and oxygen atoms in total. The quantitative estimate of drug-likeness (QED) is 0.667. The van der Waals surface area contributed by atoms with Crippen LogP contribution in [0.2, 0.25) is 0 Å². The van der Waals surface area contributed by atoms with E-state index in [0.717, 1.165) is 24.2 Å². The van der Waals surface area contributed by atoms with Crippen LogP contribution in [0.4, 0.5) is 5.69 Å². The molecule has 1 amide bonds. The smallest absolute Gasteiger partial charge is 0.221 e. The molecule has 4 rings (SSSR count). The van der Waals surface area contributed by atoms with Crippen molar-refractivity contribution >= 4 is 23.8 Å². The van der Waals surface area contributed by atoms with E-state index in [4.69, 9.17) is 12.2 Å². The number of carbonyl (C=O) groups is 1. The van der Waals surface area contributed by atoms with E-state index < -0.39 is 0 Å². The van der Waals surface area contributed by atoms with Gasteiger partial charge in [-0.2, -0.15) is 5.10 Å². The lowest BCUT2D eigenvalue weighted by molar-refractivity contribution is -0.114. The van der Waals surface area contributed by atoms with Crippen molar-refractivity contribution in [2.45, 2.75) is 32.5 Å². The predicted molar refractivity (Wildman–Crippen MR) is 112 cm³/mol. The zero-order chi connectivity index (χ0) is 19.7. The van der Waals surface area contributed by atoms with Gasteiger partial charge in [-0.25, -0.2) is 4.68 Å². The van der Waals surface area contributed by atoms with Crippen LogP contribution in [0.5, 0.6) is 0 Å². The Morgan fingerprint density at radius 3 is 2.93 bits per heavy atom. The molecule has 1 N–H and O–H groups in total. The highest BCUT2D eigenvalue weighted by atomic mass is 32.1. The Kier molecular flexibility index (Phi) is 5.11. The van der Waals surface area contributed by atoms with Gasteiger partial charge in [-0.15, -0.1) is 0 Å². The van der Waals surface area contributed by atoms with Gasteiger partial charge in [0.15, 0.2) is 0 Å². The molecular weight excluding hydrogens is 370 g/mol. The van der Waals surface area contributed by atoms with Crippen LogP contribution in [0.25, 0.3) is 5.69 Å². The molecule has 0 radical (unpaired) electrons. The standard InChI is InChI=1S/C21H23N5OS/c1-15(27)23-17-7-5-8-18(12-17)25-13-22-26(21(25)28)14-24(2)20-11-10-16-6-3-4-9-19(16)20/h3-9,12-13,20H,10-11,14H2,1-2H3,(H,23,27). The van der Waals surface area contributed by atoms with Gasteiger partial charge in [0.1, 0.15) is 6.33 Å². The van der Waals surface area contributed by atoms with E-state index in [1.54, 1.807) is 6.33 Å². The number of amides is 1. The molecule has 1 aromatic heterocycles. The summed E-state index contributed by atoms with van der Waals surface area (Å²) >= 11 is 5.66. The Labute approximate surface area is 169 Å². The molecule has 1 aliphatic rings. The number of aromatic nitrogens is 3. The van der Waals surface area contributed by atoms with E-state index in [2.05, 4.69) is 46.6 Å². The Morgan fingerprint density at radius 1 is 1.29 bits per heavy atom. The Hall–Kier alpha value is -2.77. The molecule has 0 saturated carbocycles. The van der Waals surface area contributed by atoms with Crippen LogP contribution >= 0.6 is 12.2 Å². The highest BCUT2D eigenvalue weighted by molar-refractivity contribution is 7.71. The van der Waals surface area contributed by atoms with E-state index in [1.807, 2.05) is 33.5 Å². The Balaban J connectivity index is 1.55. The molecule has 0 saturated heterocycles. The monoisotopic (exact) mass is 393 g/mol. The maximum atomic E-state index is 11.3. The number of benzene rings is 2. The number of hydrogen-bond acceptors (Lipinski definition) is 4. The van der Waals surface area contributed by atoms with Crippen molar-refractivity contribution in [1.29, 1.82) is 0 Å². The summed E-state index contributed by atoms with van der Waals surface area (Å²) in [6.45, 7) is 2.11. The van der Waals surface area contributed by atoms with Crippen molar-refractivity contribution in [2.24, 2.45) is 0 Å². The summed E-state index contributed by atoms with van der Waals surface area (Å²) in [4.78, 5) is 13.6. The van der Waals surface area contributed by atoms with Crippen LogP contribution < -0.4 is 5.32 Å². The van der Waals surface area contributed by atoms with Crippen LogP contribution in [0, 0.1) is 4.77 Å². The van der Waals surface area contributed by atoms with Gasteiger partial charge in [0.05, 0.1) is 12.4 Å². The van der Waals surface area contributed by atoms with Crippen LogP contribution in [0.3, 0.4) is 0 Å². The van der Waals surface area contributed by atoms with Crippen molar-refractivity contribution < 1.29 is 4.79 Å². The van der Waals surface area contributed by atoms with Gasteiger partial charge in [-0.05, 0) is 61.4 Å². The highest BCUT2D eigenvalue weighted by Gasteiger charge is 2.25. The van der Waals surface area contributed by atoms with Gasteiger partial charge in [0, 0.05) is 18.7 Å². The van der Waals surface area contributed by atoms with Gasteiger partial charge < -0.3 is 5.32 Å². The molecular formula is C21H23N5OS. The zero-order valence-electron chi connectivity index (χ0n) is 16.0. The lowest BCUT2D eigenvalue weighted by Gasteiger charge is -2.24. The summed E-state index contributed by atoms with van der Waals surface area (Å²) in [5.41, 5.74) is 4.44. The van der Waals surface area contributed by atoms with Crippen LogP contribution in [0.15, 0.2) is 54.9 Å². The average Bonchev–Trinajstić information content (AvgIpc) is 3.25. The maximum Gasteiger partial charge on any atom is 0.221 e. The first-order valence-electron chi connectivity index (χ1n) is 9.33. The summed E-state index contributed by atoms with van der Waals surface area (Å²) in [7, 11) is 2.12. The minimum Gasteiger partial charge on any atom is -0.326 e. The molecule has 144 valence electrons. The third-order valence-corrected chi connectivity index (χ3v) is 5.58. The number of nitrogens with zero attached hydrogens (tertiary/aromatic N) is 4. The van der Waals surface area contributed by atoms with E-state index >= 15 is 0 Å². The largest absolute Gasteiger partial charge is 0.326 e. The first-order chi connectivity index (χ1) is 13.5. The Bertz CT molecular complexity index is 1070. The van der Waals surface area contributed by atoms with Crippen LogP contribution in [-0.2, 0) is 17.9 Å². The summed E-state index contributed by atoms with van der Waals surface area (Å²) in [6, 6.07) is 16.6. The third-order valence-electron chi connectivity index (χ3n) is 5.17. The summed E-state index contributed by atoms with van der Waals surface area (Å²) < 4.78 is 4.32. The number of aryl methyl sites for hydroxylation is 1. The van der Waals surface area contributed by atoms with Gasteiger partial charge in [0.25, 0.3) is 0 Å². The van der Waals surface area contributed by atoms with Crippen molar-refractivity contribution in [2.75, 3.05) is 12.4 Å². The number of rotatable bonds is 5. The normalized spacial score (nSPS) is 15.6. The summed E-state index contributed by atoms with van der Waals surface area (Å²) in [5.74, 6) is -0.102. The third kappa shape index (κ3) is 3.63. The lowest BCUT2D eigenvalue weighted by atomic mass is 10.1. The predicted octanol–water partition coefficient (Wildman–Crippen LogP) is 3.94. The molecule has 1 heterocycles. The van der Waals surface area contributed by atoms with Gasteiger partial charge >= 0.3 is 0 Å². The molecule has 28 heavy (non-hydrogen) atoms. The first-order valence-corrected chi connectivity index (χ1v) is 9.74. The van der Waals surface area contributed by atoms with Crippen LogP contribution in [-0.4, -0.2) is 32.2 Å². The molecule has 0 bridgehead atoms. The molecule has 7 heteroatoms. The highest BCUT2D eigenvalue weighted by Crippen LogP contribution is 2.34. The number of nitrogens with one attached hydrogen (secondary N) is 1. The SMILES string of the molecule is CC(=O)Nc1cccc(-n2cnn(CN(C)C3CCc4ccccc43)c2=S)c1. The minimum absolute atomic E-state index is 0.102. The van der Waals surface area contributed by atoms with E-state index in [-0.39, 0.29) is 5.91 Å². The van der Waals surface area contributed by atoms with Crippen LogP contribution in [0.1, 0.15) is 30.5 Å². The average molecular weight is 394 g/mol. The first kappa shape index (κ1) is 18.6. The minimum atomic E-state index is -0.102. The molecule has 0 aliphatic heterocycles. The van der Waals surface area contributed by atoms with Gasteiger partial charge in [-0.3, -0.25) is 14.3 Å². The van der Waals surface area contributed by atoms with E-state index in [9.17, 15) is 4.79 Å². The number of fused-ring (bicyclic) bond motifs is 1. The van der Waals surface area contributed by atoms with Crippen molar-refractivity contribution in [3.8, 4) is 5.69 Å². The lowest BCUT2D eigenvalue weighted by Crippen LogP contribution is -2.26. The number of anilines is 1. The second-order valence-electron chi connectivity index (χ2n) is 7.17. The van der Waals surface area contributed by atoms with Gasteiger partial charge in [-0.1, -0.05) is 30.3 Å². The fourth-order valence-corrected chi connectivity index (χ4v) is 4.11. The van der Waals surface area contributed by atoms with Crippen molar-refractivity contribution in [3.63, 3.8) is 0 Å². The topological polar surface area (TPSA) is 55.1 Å². The number of carbonyl (C=O) groups excluding carboxylic acids is 1. The molecule has 1 atom stereocenters. The summed E-state index contributed by atoms with van der Waals surface area (Å²) in [5, 5.41) is 7.29. The fourth-order valence-electron chi connectivity index (χ4n) is 3.85. The number of hydrogen-bond donors (Lipinski definition) is 1. The molecule has 2 aromatic carbocycles. The molecule has 0 spiro atoms. The Morgan fingerprint density at radius 2 is 2.11 bits per heavy atom. The molecule has 1 aliphatic carbocycles. The molecule has 0 fully saturated rings. The zero-order valence-corrected chi connectivity index (χ0v) is 16.8. The van der Waals surface area contributed by atoms with Gasteiger partial charge in [0.2, 0.25) is 10.7 Å².